The molecule has 0 heterocycles. The minimum absolute atomic E-state index is 0.108. The number of hydrogen-bond donors (Lipinski definition) is 2. The van der Waals surface area contributed by atoms with Crippen molar-refractivity contribution < 1.29 is 19.4 Å². The molecule has 0 aliphatic heterocycles. The predicted molar refractivity (Wildman–Crippen MR) is 80.2 cm³/mol. The van der Waals surface area contributed by atoms with Crippen LogP contribution in [0, 0.1) is 0 Å². The van der Waals surface area contributed by atoms with Gasteiger partial charge in [0.2, 0.25) is 0 Å². The van der Waals surface area contributed by atoms with E-state index in [1.165, 1.54) is 0 Å². The van der Waals surface area contributed by atoms with Crippen LogP contribution in [0.1, 0.15) is 31.9 Å². The highest BCUT2D eigenvalue weighted by atomic mass is 16.6. The van der Waals surface area contributed by atoms with Crippen molar-refractivity contribution >= 4 is 12.4 Å². The molecule has 1 rings (SSSR count). The van der Waals surface area contributed by atoms with Crippen molar-refractivity contribution in [2.24, 2.45) is 0 Å². The number of carbonyl (C=O) groups excluding carboxylic acids is 2. The Morgan fingerprint density at radius 2 is 1.86 bits per heavy atom. The van der Waals surface area contributed by atoms with Gasteiger partial charge in [-0.15, -0.1) is 0 Å². The van der Waals surface area contributed by atoms with Crippen LogP contribution in [0.5, 0.6) is 0 Å². The molecular weight excluding hydrogens is 270 g/mol. The van der Waals surface area contributed by atoms with E-state index in [1.807, 2.05) is 24.3 Å². The first-order chi connectivity index (χ1) is 9.84. The number of carbonyl (C=O) groups is 2. The number of aldehydes is 1. The molecule has 0 saturated heterocycles. The van der Waals surface area contributed by atoms with Gasteiger partial charge in [-0.1, -0.05) is 24.3 Å². The fraction of sp³-hybridized carbons (Fsp3) is 0.500. The number of amides is 1. The maximum atomic E-state index is 11.6. The molecule has 0 spiro atoms. The smallest absolute Gasteiger partial charge is 0.408 e. The summed E-state index contributed by atoms with van der Waals surface area (Å²) in [7, 11) is 0. The van der Waals surface area contributed by atoms with E-state index in [1.54, 1.807) is 20.8 Å². The summed E-state index contributed by atoms with van der Waals surface area (Å²) in [4.78, 5) is 22.7. The van der Waals surface area contributed by atoms with E-state index in [2.05, 4.69) is 5.32 Å². The molecule has 0 aromatic heterocycles. The van der Waals surface area contributed by atoms with Gasteiger partial charge in [0.25, 0.3) is 0 Å². The summed E-state index contributed by atoms with van der Waals surface area (Å²) in [6.07, 6.45) is 1.11. The van der Waals surface area contributed by atoms with Crippen LogP contribution < -0.4 is 5.32 Å². The van der Waals surface area contributed by atoms with Crippen LogP contribution in [0.2, 0.25) is 0 Å². The highest BCUT2D eigenvalue weighted by molar-refractivity contribution is 5.73. The quantitative estimate of drug-likeness (QED) is 0.785. The molecule has 0 radical (unpaired) electrons. The van der Waals surface area contributed by atoms with Gasteiger partial charge in [-0.3, -0.25) is 0 Å². The highest BCUT2D eigenvalue weighted by Crippen LogP contribution is 2.09. The molecule has 2 N–H and O–H groups in total. The van der Waals surface area contributed by atoms with Crippen molar-refractivity contribution in [3.05, 3.63) is 35.4 Å². The van der Waals surface area contributed by atoms with Gasteiger partial charge < -0.3 is 20.0 Å². The molecule has 116 valence electrons. The summed E-state index contributed by atoms with van der Waals surface area (Å²) in [6, 6.07) is 6.96. The highest BCUT2D eigenvalue weighted by Gasteiger charge is 2.19. The van der Waals surface area contributed by atoms with Crippen LogP contribution in [0.4, 0.5) is 4.79 Å². The van der Waals surface area contributed by atoms with E-state index >= 15 is 0 Å². The maximum Gasteiger partial charge on any atom is 0.408 e. The third-order valence-electron chi connectivity index (χ3n) is 2.75. The lowest BCUT2D eigenvalue weighted by molar-refractivity contribution is -0.109. The standard InChI is InChI=1S/C16H23NO4/c1-16(2,3)21-15(20)17-14(11-19)10-13-6-4-12(5-7-13)8-9-18/h4-7,11,14,18H,8-10H2,1-3H3,(H,17,20)/t14-/m0/s1. The van der Waals surface area contributed by atoms with Crippen molar-refractivity contribution in [2.75, 3.05) is 6.61 Å². The van der Waals surface area contributed by atoms with Crippen molar-refractivity contribution in [3.63, 3.8) is 0 Å². The Kier molecular flexibility index (Phi) is 6.37. The molecule has 1 aromatic carbocycles. The number of benzene rings is 1. The van der Waals surface area contributed by atoms with Gasteiger partial charge in [0.15, 0.2) is 0 Å². The van der Waals surface area contributed by atoms with Crippen LogP contribution in [0.25, 0.3) is 0 Å². The molecule has 1 amide bonds. The summed E-state index contributed by atoms with van der Waals surface area (Å²) in [5, 5.41) is 11.4. The van der Waals surface area contributed by atoms with Crippen LogP contribution in [0.3, 0.4) is 0 Å². The molecule has 5 heteroatoms. The monoisotopic (exact) mass is 293 g/mol. The van der Waals surface area contributed by atoms with Crippen LogP contribution in [-0.2, 0) is 22.4 Å². The second kappa shape index (κ2) is 7.78. The van der Waals surface area contributed by atoms with Crippen molar-refractivity contribution in [1.29, 1.82) is 0 Å². The fourth-order valence-electron chi connectivity index (χ4n) is 1.82. The zero-order valence-corrected chi connectivity index (χ0v) is 12.8. The summed E-state index contributed by atoms with van der Waals surface area (Å²) in [6.45, 7) is 5.41. The number of aliphatic hydroxyl groups excluding tert-OH is 1. The normalized spacial score (nSPS) is 12.6. The van der Waals surface area contributed by atoms with Gasteiger partial charge in [0.1, 0.15) is 11.9 Å². The summed E-state index contributed by atoms with van der Waals surface area (Å²) in [5.74, 6) is 0. The molecule has 0 aliphatic rings. The first kappa shape index (κ1) is 17.2. The maximum absolute atomic E-state index is 11.6. The minimum Gasteiger partial charge on any atom is -0.444 e. The number of aliphatic hydroxyl groups is 1. The zero-order chi connectivity index (χ0) is 15.9. The van der Waals surface area contributed by atoms with Gasteiger partial charge in [-0.2, -0.15) is 0 Å². The minimum atomic E-state index is -0.622. The SMILES string of the molecule is CC(C)(C)OC(=O)N[C@H](C=O)Cc1ccc(CCO)cc1. The lowest BCUT2D eigenvalue weighted by atomic mass is 10.0. The van der Waals surface area contributed by atoms with E-state index < -0.39 is 17.7 Å². The largest absolute Gasteiger partial charge is 0.444 e. The topological polar surface area (TPSA) is 75.6 Å². The Hall–Kier alpha value is -1.88. The molecule has 0 fully saturated rings. The zero-order valence-electron chi connectivity index (χ0n) is 12.8. The molecule has 1 aromatic rings. The Bertz CT molecular complexity index is 462. The predicted octanol–water partition coefficient (Wildman–Crippen LogP) is 1.86. The lowest BCUT2D eigenvalue weighted by Crippen LogP contribution is -2.41. The molecule has 21 heavy (non-hydrogen) atoms. The third-order valence-corrected chi connectivity index (χ3v) is 2.75. The average Bonchev–Trinajstić information content (AvgIpc) is 2.38. The van der Waals surface area contributed by atoms with Crippen molar-refractivity contribution in [2.45, 2.75) is 45.3 Å². The molecule has 0 bridgehead atoms. The van der Waals surface area contributed by atoms with Crippen molar-refractivity contribution in [3.8, 4) is 0 Å². The van der Waals surface area contributed by atoms with Gasteiger partial charge in [-0.25, -0.2) is 4.79 Å². The van der Waals surface area contributed by atoms with E-state index in [9.17, 15) is 9.59 Å². The molecule has 0 saturated carbocycles. The number of hydrogen-bond acceptors (Lipinski definition) is 4. The van der Waals surface area contributed by atoms with Crippen molar-refractivity contribution in [1.82, 2.24) is 5.32 Å². The molecular formula is C16H23NO4. The summed E-state index contributed by atoms with van der Waals surface area (Å²) >= 11 is 0. The van der Waals surface area contributed by atoms with Gasteiger partial charge in [0, 0.05) is 6.61 Å². The molecule has 5 nitrogen and oxygen atoms in total. The molecule has 1 atom stereocenters. The molecule has 0 aliphatic carbocycles. The Balaban J connectivity index is 2.57. The average molecular weight is 293 g/mol. The van der Waals surface area contributed by atoms with E-state index in [4.69, 9.17) is 9.84 Å². The first-order valence-corrected chi connectivity index (χ1v) is 6.97. The third kappa shape index (κ3) is 6.90. The van der Waals surface area contributed by atoms with Gasteiger partial charge in [-0.05, 0) is 44.7 Å². The van der Waals surface area contributed by atoms with E-state index in [0.29, 0.717) is 19.1 Å². The van der Waals surface area contributed by atoms with Gasteiger partial charge >= 0.3 is 6.09 Å². The second-order valence-electron chi connectivity index (χ2n) is 5.88. The van der Waals surface area contributed by atoms with E-state index in [0.717, 1.165) is 11.1 Å². The summed E-state index contributed by atoms with van der Waals surface area (Å²) in [5.41, 5.74) is 1.37. The Morgan fingerprint density at radius 3 is 2.33 bits per heavy atom. The number of nitrogens with one attached hydrogen (secondary N) is 1. The van der Waals surface area contributed by atoms with Crippen LogP contribution in [0.15, 0.2) is 24.3 Å². The number of rotatable bonds is 6. The fourth-order valence-corrected chi connectivity index (χ4v) is 1.82. The van der Waals surface area contributed by atoms with Crippen LogP contribution >= 0.6 is 0 Å². The Labute approximate surface area is 125 Å². The Morgan fingerprint density at radius 1 is 1.29 bits per heavy atom. The first-order valence-electron chi connectivity index (χ1n) is 6.97. The van der Waals surface area contributed by atoms with E-state index in [-0.39, 0.29) is 6.61 Å². The summed E-state index contributed by atoms with van der Waals surface area (Å²) < 4.78 is 5.12. The lowest BCUT2D eigenvalue weighted by Gasteiger charge is -2.21. The molecule has 0 unspecified atom stereocenters. The second-order valence-corrected chi connectivity index (χ2v) is 5.88. The number of alkyl carbamates (subject to hydrolysis) is 1. The van der Waals surface area contributed by atoms with Gasteiger partial charge in [0.05, 0.1) is 6.04 Å². The van der Waals surface area contributed by atoms with Crippen LogP contribution in [-0.4, -0.2) is 35.7 Å². The number of ether oxygens (including phenoxy) is 1.